The number of hydrogen-bond donors (Lipinski definition) is 1. The lowest BCUT2D eigenvalue weighted by molar-refractivity contribution is -0.120. The van der Waals surface area contributed by atoms with E-state index in [1.54, 1.807) is 48.4 Å². The Kier molecular flexibility index (Phi) is 6.62. The van der Waals surface area contributed by atoms with E-state index in [4.69, 9.17) is 0 Å². The van der Waals surface area contributed by atoms with Crippen LogP contribution in [0.2, 0.25) is 0 Å². The third-order valence-electron chi connectivity index (χ3n) is 5.33. The molecule has 4 rings (SSSR count). The lowest BCUT2D eigenvalue weighted by Crippen LogP contribution is -2.38. The lowest BCUT2D eigenvalue weighted by Gasteiger charge is -2.32. The van der Waals surface area contributed by atoms with E-state index in [2.05, 4.69) is 32.3 Å². The Morgan fingerprint density at radius 3 is 2.32 bits per heavy atom. The van der Waals surface area contributed by atoms with Crippen LogP contribution in [-0.4, -0.2) is 34.7 Å². The maximum atomic E-state index is 12.7. The minimum Gasteiger partial charge on any atom is -0.354 e. The summed E-state index contributed by atoms with van der Waals surface area (Å²) in [6.07, 6.45) is 4.94. The summed E-state index contributed by atoms with van der Waals surface area (Å²) < 4.78 is 0. The summed E-state index contributed by atoms with van der Waals surface area (Å²) in [6, 6.07) is 17.2. The lowest BCUT2D eigenvalue weighted by atomic mass is 9.96. The Hall–Kier alpha value is -3.19. The molecule has 158 valence electrons. The summed E-state index contributed by atoms with van der Waals surface area (Å²) in [5.74, 6) is 0.855. The van der Waals surface area contributed by atoms with Crippen molar-refractivity contribution < 1.29 is 9.59 Å². The summed E-state index contributed by atoms with van der Waals surface area (Å²) in [4.78, 5) is 36.5. The Morgan fingerprint density at radius 2 is 1.65 bits per heavy atom. The van der Waals surface area contributed by atoms with Gasteiger partial charge in [-0.25, -0.2) is 9.97 Å². The molecule has 0 unspecified atom stereocenters. The molecule has 31 heavy (non-hydrogen) atoms. The number of amides is 1. The zero-order valence-corrected chi connectivity index (χ0v) is 18.1. The van der Waals surface area contributed by atoms with E-state index in [1.165, 1.54) is 6.92 Å². The molecular formula is C24H24N4O2S. The molecule has 1 aliphatic rings. The van der Waals surface area contributed by atoms with E-state index in [1.807, 2.05) is 18.2 Å². The molecule has 2 heterocycles. The molecule has 7 heteroatoms. The van der Waals surface area contributed by atoms with Crippen LogP contribution >= 0.6 is 11.8 Å². The fourth-order valence-corrected chi connectivity index (χ4v) is 4.50. The van der Waals surface area contributed by atoms with Crippen molar-refractivity contribution in [2.24, 2.45) is 5.92 Å². The number of carbonyl (C=O) groups is 2. The van der Waals surface area contributed by atoms with Crippen molar-refractivity contribution in [1.82, 2.24) is 9.97 Å². The van der Waals surface area contributed by atoms with Crippen LogP contribution in [0.15, 0.2) is 76.9 Å². The number of benzene rings is 2. The van der Waals surface area contributed by atoms with Crippen molar-refractivity contribution in [2.45, 2.75) is 29.7 Å². The fourth-order valence-electron chi connectivity index (χ4n) is 3.59. The smallest absolute Gasteiger partial charge is 0.227 e. The molecule has 0 aliphatic carbocycles. The average molecular weight is 433 g/mol. The van der Waals surface area contributed by atoms with E-state index < -0.39 is 0 Å². The average Bonchev–Trinajstić information content (AvgIpc) is 2.80. The van der Waals surface area contributed by atoms with Gasteiger partial charge in [0.2, 0.25) is 5.91 Å². The van der Waals surface area contributed by atoms with Gasteiger partial charge in [0.15, 0.2) is 11.6 Å². The predicted octanol–water partition coefficient (Wildman–Crippen LogP) is 4.69. The first-order valence-corrected chi connectivity index (χ1v) is 11.1. The normalized spacial score (nSPS) is 14.3. The molecule has 1 saturated heterocycles. The van der Waals surface area contributed by atoms with Gasteiger partial charge in [0.1, 0.15) is 5.03 Å². The van der Waals surface area contributed by atoms with Crippen LogP contribution in [0, 0.1) is 5.92 Å². The van der Waals surface area contributed by atoms with Gasteiger partial charge in [-0.2, -0.15) is 0 Å². The summed E-state index contributed by atoms with van der Waals surface area (Å²) in [7, 11) is 0. The molecule has 0 radical (unpaired) electrons. The molecular weight excluding hydrogens is 408 g/mol. The number of rotatable bonds is 6. The van der Waals surface area contributed by atoms with Crippen molar-refractivity contribution in [3.63, 3.8) is 0 Å². The topological polar surface area (TPSA) is 75.2 Å². The SMILES string of the molecule is CC(=O)c1ccc(NC(=O)C2CCN(c3nccnc3Sc3ccccc3)CC2)cc1. The number of hydrogen-bond acceptors (Lipinski definition) is 6. The quantitative estimate of drug-likeness (QED) is 0.570. The van der Waals surface area contributed by atoms with Gasteiger partial charge in [0, 0.05) is 47.5 Å². The number of anilines is 2. The summed E-state index contributed by atoms with van der Waals surface area (Å²) in [6.45, 7) is 3.03. The van der Waals surface area contributed by atoms with Gasteiger partial charge in [-0.3, -0.25) is 9.59 Å². The van der Waals surface area contributed by atoms with Crippen molar-refractivity contribution in [1.29, 1.82) is 0 Å². The molecule has 1 N–H and O–H groups in total. The second kappa shape index (κ2) is 9.75. The fraction of sp³-hybridized carbons (Fsp3) is 0.250. The van der Waals surface area contributed by atoms with Gasteiger partial charge in [-0.1, -0.05) is 30.0 Å². The molecule has 6 nitrogen and oxygen atoms in total. The number of nitrogens with one attached hydrogen (secondary N) is 1. The number of aromatic nitrogens is 2. The molecule has 1 amide bonds. The molecule has 0 atom stereocenters. The summed E-state index contributed by atoms with van der Waals surface area (Å²) in [5, 5.41) is 3.85. The van der Waals surface area contributed by atoms with Gasteiger partial charge in [0.25, 0.3) is 0 Å². The third kappa shape index (κ3) is 5.30. The van der Waals surface area contributed by atoms with Crippen LogP contribution in [0.1, 0.15) is 30.1 Å². The number of ketones is 1. The van der Waals surface area contributed by atoms with Crippen LogP contribution in [0.5, 0.6) is 0 Å². The largest absolute Gasteiger partial charge is 0.354 e. The molecule has 0 saturated carbocycles. The summed E-state index contributed by atoms with van der Waals surface area (Å²) in [5.41, 5.74) is 1.35. The van der Waals surface area contributed by atoms with E-state index in [9.17, 15) is 9.59 Å². The highest BCUT2D eigenvalue weighted by Crippen LogP contribution is 2.33. The van der Waals surface area contributed by atoms with E-state index >= 15 is 0 Å². The number of nitrogens with zero attached hydrogens (tertiary/aromatic N) is 3. The molecule has 1 fully saturated rings. The maximum absolute atomic E-state index is 12.7. The zero-order chi connectivity index (χ0) is 21.6. The van der Waals surface area contributed by atoms with Crippen molar-refractivity contribution >= 4 is 35.0 Å². The summed E-state index contributed by atoms with van der Waals surface area (Å²) >= 11 is 1.60. The molecule has 1 aromatic heterocycles. The van der Waals surface area contributed by atoms with Crippen LogP contribution in [0.25, 0.3) is 0 Å². The van der Waals surface area contributed by atoms with Crippen molar-refractivity contribution in [3.8, 4) is 0 Å². The van der Waals surface area contributed by atoms with Gasteiger partial charge < -0.3 is 10.2 Å². The predicted molar refractivity (Wildman–Crippen MR) is 123 cm³/mol. The third-order valence-corrected chi connectivity index (χ3v) is 6.32. The Balaban J connectivity index is 1.36. The van der Waals surface area contributed by atoms with Gasteiger partial charge in [-0.15, -0.1) is 0 Å². The van der Waals surface area contributed by atoms with Gasteiger partial charge >= 0.3 is 0 Å². The minimum atomic E-state index is -0.0503. The molecule has 2 aromatic carbocycles. The maximum Gasteiger partial charge on any atom is 0.227 e. The van der Waals surface area contributed by atoms with E-state index in [0.29, 0.717) is 11.3 Å². The molecule has 0 spiro atoms. The first-order chi connectivity index (χ1) is 15.1. The van der Waals surface area contributed by atoms with Crippen molar-refractivity contribution in [2.75, 3.05) is 23.3 Å². The second-order valence-electron chi connectivity index (χ2n) is 7.48. The Labute approximate surface area is 186 Å². The van der Waals surface area contributed by atoms with Crippen LogP contribution in [-0.2, 0) is 4.79 Å². The number of piperidine rings is 1. The first-order valence-electron chi connectivity index (χ1n) is 10.3. The van der Waals surface area contributed by atoms with E-state index in [-0.39, 0.29) is 17.6 Å². The second-order valence-corrected chi connectivity index (χ2v) is 8.55. The Morgan fingerprint density at radius 1 is 0.968 bits per heavy atom. The van der Waals surface area contributed by atoms with Crippen molar-refractivity contribution in [3.05, 3.63) is 72.6 Å². The number of Topliss-reactive ketones (excluding diaryl/α,β-unsaturated/α-hetero) is 1. The van der Waals surface area contributed by atoms with Crippen LogP contribution in [0.3, 0.4) is 0 Å². The zero-order valence-electron chi connectivity index (χ0n) is 17.3. The van der Waals surface area contributed by atoms with Gasteiger partial charge in [0.05, 0.1) is 0 Å². The van der Waals surface area contributed by atoms with Gasteiger partial charge in [-0.05, 0) is 56.2 Å². The molecule has 0 bridgehead atoms. The number of carbonyl (C=O) groups excluding carboxylic acids is 2. The highest BCUT2D eigenvalue weighted by atomic mass is 32.2. The van der Waals surface area contributed by atoms with E-state index in [0.717, 1.165) is 41.7 Å². The first kappa shape index (κ1) is 21.1. The molecule has 1 aliphatic heterocycles. The standard InChI is InChI=1S/C24H24N4O2S/c1-17(29)18-7-9-20(10-8-18)27-23(30)19-11-15-28(16-12-19)22-24(26-14-13-25-22)31-21-5-3-2-4-6-21/h2-10,13-14,19H,11-12,15-16H2,1H3,(H,27,30). The highest BCUT2D eigenvalue weighted by Gasteiger charge is 2.27. The minimum absolute atomic E-state index is 0.0130. The molecule has 3 aromatic rings. The van der Waals surface area contributed by atoms with Crippen LogP contribution < -0.4 is 10.2 Å². The highest BCUT2D eigenvalue weighted by molar-refractivity contribution is 7.99. The monoisotopic (exact) mass is 432 g/mol. The Bertz CT molecular complexity index is 1050. The van der Waals surface area contributed by atoms with Crippen LogP contribution in [0.4, 0.5) is 11.5 Å².